The van der Waals surface area contributed by atoms with Crippen molar-refractivity contribution in [3.8, 4) is 0 Å². The second-order valence-electron chi connectivity index (χ2n) is 4.87. The first-order valence-electron chi connectivity index (χ1n) is 6.55. The molecule has 2 rings (SSSR count). The predicted octanol–water partition coefficient (Wildman–Crippen LogP) is 2.01. The minimum Gasteiger partial charge on any atom is -0.337 e. The Kier molecular flexibility index (Phi) is 3.87. The molecule has 0 spiro atoms. The molecule has 0 aliphatic carbocycles. The van der Waals surface area contributed by atoms with Crippen molar-refractivity contribution >= 4 is 5.95 Å². The molecule has 0 amide bonds. The quantitative estimate of drug-likeness (QED) is 0.825. The van der Waals surface area contributed by atoms with E-state index in [2.05, 4.69) is 29.1 Å². The Morgan fingerprint density at radius 2 is 2.05 bits per heavy atom. The molecule has 0 aromatic carbocycles. The summed E-state index contributed by atoms with van der Waals surface area (Å²) in [5, 5.41) is 8.43. The Bertz CT molecular complexity index is 557. The highest BCUT2D eigenvalue weighted by Crippen LogP contribution is 2.17. The van der Waals surface area contributed by atoms with Gasteiger partial charge in [-0.1, -0.05) is 6.92 Å². The van der Waals surface area contributed by atoms with Gasteiger partial charge in [-0.2, -0.15) is 10.1 Å². The molecule has 2 aromatic rings. The first-order valence-corrected chi connectivity index (χ1v) is 6.55. The van der Waals surface area contributed by atoms with Crippen molar-refractivity contribution in [2.45, 2.75) is 40.2 Å². The minimum absolute atomic E-state index is 0.631. The normalized spacial score (nSPS) is 11.0. The largest absolute Gasteiger partial charge is 0.337 e. The number of aromatic nitrogens is 4. The molecule has 104 valence electrons. The maximum atomic E-state index is 5.21. The Balaban J connectivity index is 2.13. The molecular weight excluding hydrogens is 242 g/mol. The van der Waals surface area contributed by atoms with Crippen LogP contribution in [0.5, 0.6) is 0 Å². The van der Waals surface area contributed by atoms with Gasteiger partial charge in [0.1, 0.15) is 0 Å². The summed E-state index contributed by atoms with van der Waals surface area (Å²) in [6.45, 7) is 6.92. The third-order valence-corrected chi connectivity index (χ3v) is 3.32. The van der Waals surface area contributed by atoms with E-state index in [1.807, 2.05) is 30.6 Å². The molecule has 0 bridgehead atoms. The Hall–Kier alpha value is -1.85. The fourth-order valence-electron chi connectivity index (χ4n) is 2.07. The summed E-state index contributed by atoms with van der Waals surface area (Å²) in [5.41, 5.74) is 3.43. The van der Waals surface area contributed by atoms with E-state index in [1.54, 1.807) is 0 Å². The molecule has 0 aliphatic heterocycles. The number of anilines is 1. The highest BCUT2D eigenvalue weighted by molar-refractivity contribution is 5.33. The minimum atomic E-state index is 0.631. The van der Waals surface area contributed by atoms with Crippen LogP contribution in [0, 0.1) is 13.8 Å². The van der Waals surface area contributed by atoms with Gasteiger partial charge >= 0.3 is 0 Å². The summed E-state index contributed by atoms with van der Waals surface area (Å²) < 4.78 is 7.11. The number of hydrogen-bond donors (Lipinski definition) is 0. The lowest BCUT2D eigenvalue weighted by Crippen LogP contribution is -2.18. The summed E-state index contributed by atoms with van der Waals surface area (Å²) in [6, 6.07) is 0. The van der Waals surface area contributed by atoms with Crippen molar-refractivity contribution < 1.29 is 4.52 Å². The lowest BCUT2D eigenvalue weighted by atomic mass is 10.2. The zero-order valence-corrected chi connectivity index (χ0v) is 12.3. The van der Waals surface area contributed by atoms with E-state index in [0.717, 1.165) is 25.1 Å². The van der Waals surface area contributed by atoms with Crippen LogP contribution in [-0.4, -0.2) is 27.0 Å². The van der Waals surface area contributed by atoms with Crippen LogP contribution in [0.2, 0.25) is 0 Å². The van der Waals surface area contributed by atoms with Gasteiger partial charge in [-0.15, -0.1) is 0 Å². The topological polar surface area (TPSA) is 60.0 Å². The Morgan fingerprint density at radius 1 is 1.32 bits per heavy atom. The average molecular weight is 263 g/mol. The van der Waals surface area contributed by atoms with E-state index < -0.39 is 0 Å². The smallest absolute Gasteiger partial charge is 0.266 e. The van der Waals surface area contributed by atoms with Crippen LogP contribution in [0.3, 0.4) is 0 Å². The van der Waals surface area contributed by atoms with E-state index >= 15 is 0 Å². The summed E-state index contributed by atoms with van der Waals surface area (Å²) in [5.74, 6) is 1.33. The Labute approximate surface area is 113 Å². The molecule has 0 radical (unpaired) electrons. The summed E-state index contributed by atoms with van der Waals surface area (Å²) in [6.07, 6.45) is 1.83. The zero-order chi connectivity index (χ0) is 14.0. The van der Waals surface area contributed by atoms with Crippen LogP contribution in [-0.2, 0) is 20.0 Å². The average Bonchev–Trinajstić information content (AvgIpc) is 2.91. The summed E-state index contributed by atoms with van der Waals surface area (Å²) >= 11 is 0. The molecule has 2 heterocycles. The number of aryl methyl sites for hydroxylation is 3. The predicted molar refractivity (Wildman–Crippen MR) is 73.1 cm³/mol. The van der Waals surface area contributed by atoms with Gasteiger partial charge in [-0.3, -0.25) is 4.68 Å². The molecule has 6 heteroatoms. The van der Waals surface area contributed by atoms with Gasteiger partial charge < -0.3 is 9.42 Å². The number of nitrogens with zero attached hydrogens (tertiary/aromatic N) is 5. The second kappa shape index (κ2) is 5.42. The SMILES string of the molecule is CCCc1nc(N(C)Cc2c(C)nn(C)c2C)no1. The van der Waals surface area contributed by atoms with E-state index in [9.17, 15) is 0 Å². The third kappa shape index (κ3) is 2.77. The van der Waals surface area contributed by atoms with Crippen LogP contribution >= 0.6 is 0 Å². The third-order valence-electron chi connectivity index (χ3n) is 3.32. The molecule has 0 atom stereocenters. The number of rotatable bonds is 5. The van der Waals surface area contributed by atoms with Gasteiger partial charge in [0, 0.05) is 38.3 Å². The molecule has 19 heavy (non-hydrogen) atoms. The molecule has 0 aliphatic rings. The van der Waals surface area contributed by atoms with Crippen molar-refractivity contribution in [2.24, 2.45) is 7.05 Å². The molecule has 0 saturated heterocycles. The summed E-state index contributed by atoms with van der Waals surface area (Å²) in [7, 11) is 3.92. The lowest BCUT2D eigenvalue weighted by molar-refractivity contribution is 0.376. The molecular formula is C13H21N5O. The van der Waals surface area contributed by atoms with Gasteiger partial charge in [-0.05, 0) is 25.4 Å². The van der Waals surface area contributed by atoms with Crippen LogP contribution in [0.25, 0.3) is 0 Å². The second-order valence-corrected chi connectivity index (χ2v) is 4.87. The molecule has 2 aromatic heterocycles. The van der Waals surface area contributed by atoms with Crippen LogP contribution in [0.15, 0.2) is 4.52 Å². The van der Waals surface area contributed by atoms with Gasteiger partial charge in [0.25, 0.3) is 5.95 Å². The van der Waals surface area contributed by atoms with Crippen molar-refractivity contribution in [3.05, 3.63) is 22.8 Å². The van der Waals surface area contributed by atoms with Crippen LogP contribution in [0.4, 0.5) is 5.95 Å². The zero-order valence-electron chi connectivity index (χ0n) is 12.3. The Morgan fingerprint density at radius 3 is 2.63 bits per heavy atom. The molecule has 0 unspecified atom stereocenters. The fraction of sp³-hybridized carbons (Fsp3) is 0.615. The highest BCUT2D eigenvalue weighted by Gasteiger charge is 2.15. The molecule has 0 fully saturated rings. The van der Waals surface area contributed by atoms with Crippen LogP contribution < -0.4 is 4.90 Å². The lowest BCUT2D eigenvalue weighted by Gasteiger charge is -2.14. The van der Waals surface area contributed by atoms with Crippen molar-refractivity contribution in [1.82, 2.24) is 19.9 Å². The van der Waals surface area contributed by atoms with E-state index in [1.165, 1.54) is 11.3 Å². The summed E-state index contributed by atoms with van der Waals surface area (Å²) in [4.78, 5) is 6.37. The first-order chi connectivity index (χ1) is 9.02. The van der Waals surface area contributed by atoms with Gasteiger partial charge in [0.2, 0.25) is 5.89 Å². The van der Waals surface area contributed by atoms with E-state index in [-0.39, 0.29) is 0 Å². The molecule has 6 nitrogen and oxygen atoms in total. The van der Waals surface area contributed by atoms with Crippen molar-refractivity contribution in [1.29, 1.82) is 0 Å². The van der Waals surface area contributed by atoms with Gasteiger partial charge in [0.05, 0.1) is 5.69 Å². The van der Waals surface area contributed by atoms with Gasteiger partial charge in [-0.25, -0.2) is 0 Å². The van der Waals surface area contributed by atoms with E-state index in [0.29, 0.717) is 11.8 Å². The van der Waals surface area contributed by atoms with Gasteiger partial charge in [0.15, 0.2) is 0 Å². The maximum absolute atomic E-state index is 5.21. The molecule has 0 N–H and O–H groups in total. The maximum Gasteiger partial charge on any atom is 0.266 e. The first kappa shape index (κ1) is 13.6. The van der Waals surface area contributed by atoms with E-state index in [4.69, 9.17) is 4.52 Å². The fourth-order valence-corrected chi connectivity index (χ4v) is 2.07. The van der Waals surface area contributed by atoms with Crippen molar-refractivity contribution in [3.63, 3.8) is 0 Å². The van der Waals surface area contributed by atoms with Crippen molar-refractivity contribution in [2.75, 3.05) is 11.9 Å². The number of hydrogen-bond acceptors (Lipinski definition) is 5. The molecule has 0 saturated carbocycles. The van der Waals surface area contributed by atoms with Crippen LogP contribution in [0.1, 0.15) is 36.2 Å². The highest BCUT2D eigenvalue weighted by atomic mass is 16.5. The standard InChI is InChI=1S/C13H21N5O/c1-6-7-12-14-13(16-19-12)17(4)8-11-9(2)15-18(5)10(11)3/h6-8H2,1-5H3. The monoisotopic (exact) mass is 263 g/mol.